The summed E-state index contributed by atoms with van der Waals surface area (Å²) in [5.74, 6) is -1.52. The Kier molecular flexibility index (Phi) is 7.46. The van der Waals surface area contributed by atoms with E-state index in [0.29, 0.717) is 5.69 Å². The van der Waals surface area contributed by atoms with Crippen LogP contribution in [0.3, 0.4) is 0 Å². The maximum absolute atomic E-state index is 11.8. The topological polar surface area (TPSA) is 123 Å². The van der Waals surface area contributed by atoms with Gasteiger partial charge in [0, 0.05) is 19.3 Å². The third-order valence-corrected chi connectivity index (χ3v) is 2.96. The van der Waals surface area contributed by atoms with Crippen LogP contribution in [0.2, 0.25) is 0 Å². The molecule has 1 N–H and O–H groups in total. The van der Waals surface area contributed by atoms with Gasteiger partial charge in [-0.15, -0.1) is 0 Å². The predicted octanol–water partition coefficient (Wildman–Crippen LogP) is 1.07. The molecular weight excluding hydrogens is 312 g/mol. The zero-order valence-corrected chi connectivity index (χ0v) is 13.1. The van der Waals surface area contributed by atoms with E-state index >= 15 is 0 Å². The lowest BCUT2D eigenvalue weighted by Gasteiger charge is -2.15. The number of nitrogens with zero attached hydrogens (tertiary/aromatic N) is 3. The Labute approximate surface area is 139 Å². The van der Waals surface area contributed by atoms with Crippen LogP contribution in [0.1, 0.15) is 23.2 Å². The fourth-order valence-corrected chi connectivity index (χ4v) is 1.63. The van der Waals surface area contributed by atoms with Gasteiger partial charge in [-0.25, -0.2) is 4.79 Å². The van der Waals surface area contributed by atoms with Gasteiger partial charge in [-0.3, -0.25) is 9.59 Å². The lowest BCUT2D eigenvalue weighted by atomic mass is 10.2. The van der Waals surface area contributed by atoms with Gasteiger partial charge in [0.15, 0.2) is 6.61 Å². The van der Waals surface area contributed by atoms with Crippen LogP contribution in [0.15, 0.2) is 24.3 Å². The summed E-state index contributed by atoms with van der Waals surface area (Å²) in [5.41, 5.74) is 0.667. The fourth-order valence-electron chi connectivity index (χ4n) is 1.63. The van der Waals surface area contributed by atoms with Crippen molar-refractivity contribution in [3.05, 3.63) is 29.8 Å². The molecule has 1 rings (SSSR count). The van der Waals surface area contributed by atoms with Crippen LogP contribution in [0.4, 0.5) is 5.69 Å². The third kappa shape index (κ3) is 6.16. The zero-order chi connectivity index (χ0) is 17.9. The average molecular weight is 328 g/mol. The van der Waals surface area contributed by atoms with Crippen LogP contribution in [-0.4, -0.2) is 42.9 Å². The quantitative estimate of drug-likeness (QED) is 0.747. The summed E-state index contributed by atoms with van der Waals surface area (Å²) in [5, 5.41) is 19.4. The number of nitriles is 2. The molecule has 0 radical (unpaired) electrons. The van der Waals surface area contributed by atoms with Gasteiger partial charge in [-0.05, 0) is 24.3 Å². The number of likely N-dealkylation sites (N-methyl/N-ethyl adjacent to an activating group) is 1. The number of hydrogen-bond acceptors (Lipinski definition) is 6. The molecule has 124 valence electrons. The molecule has 2 amide bonds. The zero-order valence-electron chi connectivity index (χ0n) is 13.1. The molecule has 0 aliphatic heterocycles. The summed E-state index contributed by atoms with van der Waals surface area (Å²) in [6.07, 6.45) is -0.0552. The maximum Gasteiger partial charge on any atom is 0.338 e. The second-order valence-electron chi connectivity index (χ2n) is 4.76. The molecule has 0 heterocycles. The molecule has 1 aromatic rings. The molecule has 0 fully saturated rings. The summed E-state index contributed by atoms with van der Waals surface area (Å²) in [7, 11) is 1.52. The first kappa shape index (κ1) is 18.7. The highest BCUT2D eigenvalue weighted by molar-refractivity contribution is 5.94. The second-order valence-corrected chi connectivity index (χ2v) is 4.76. The van der Waals surface area contributed by atoms with Crippen molar-refractivity contribution in [1.29, 1.82) is 10.5 Å². The molecule has 24 heavy (non-hydrogen) atoms. The van der Waals surface area contributed by atoms with Crippen LogP contribution in [0, 0.1) is 22.7 Å². The fraction of sp³-hybridized carbons (Fsp3) is 0.312. The lowest BCUT2D eigenvalue weighted by molar-refractivity contribution is -0.133. The number of nitrogens with one attached hydrogen (secondary N) is 1. The van der Waals surface area contributed by atoms with Gasteiger partial charge < -0.3 is 15.0 Å². The van der Waals surface area contributed by atoms with Crippen molar-refractivity contribution < 1.29 is 19.1 Å². The Morgan fingerprint density at radius 2 is 1.83 bits per heavy atom. The highest BCUT2D eigenvalue weighted by atomic mass is 16.5. The minimum absolute atomic E-state index is 0.204. The van der Waals surface area contributed by atoms with Crippen molar-refractivity contribution in [2.75, 3.05) is 25.5 Å². The third-order valence-electron chi connectivity index (χ3n) is 2.96. The van der Waals surface area contributed by atoms with Gasteiger partial charge in [0.1, 0.15) is 6.42 Å². The maximum atomic E-state index is 11.8. The Hall–Kier alpha value is -3.39. The monoisotopic (exact) mass is 328 g/mol. The smallest absolute Gasteiger partial charge is 0.338 e. The van der Waals surface area contributed by atoms with E-state index in [1.54, 1.807) is 6.07 Å². The van der Waals surface area contributed by atoms with Crippen LogP contribution in [0.25, 0.3) is 0 Å². The Morgan fingerprint density at radius 1 is 1.17 bits per heavy atom. The molecule has 0 unspecified atom stereocenters. The molecule has 8 nitrogen and oxygen atoms in total. The first-order valence-electron chi connectivity index (χ1n) is 7.03. The summed E-state index contributed by atoms with van der Waals surface area (Å²) < 4.78 is 4.91. The number of esters is 1. The molecule has 8 heteroatoms. The highest BCUT2D eigenvalue weighted by Crippen LogP contribution is 2.11. The Balaban J connectivity index is 2.51. The predicted molar refractivity (Wildman–Crippen MR) is 83.5 cm³/mol. The van der Waals surface area contributed by atoms with Crippen LogP contribution >= 0.6 is 0 Å². The van der Waals surface area contributed by atoms with E-state index in [9.17, 15) is 14.4 Å². The van der Waals surface area contributed by atoms with Gasteiger partial charge in [-0.1, -0.05) is 0 Å². The standard InChI is InChI=1S/C16H16N4O4/c1-20(10-2-8-17)15(22)11-24-16(23)12-3-5-13(6-4-12)19-14(21)7-9-18/h3-6H,2,7,10-11H2,1H3,(H,19,21). The Bertz CT molecular complexity index is 686. The molecular formula is C16H16N4O4. The van der Waals surface area contributed by atoms with E-state index in [4.69, 9.17) is 15.3 Å². The van der Waals surface area contributed by atoms with Gasteiger partial charge in [0.2, 0.25) is 5.91 Å². The normalized spacial score (nSPS) is 9.29. The summed E-state index contributed by atoms with van der Waals surface area (Å²) in [6, 6.07) is 9.51. The largest absolute Gasteiger partial charge is 0.452 e. The van der Waals surface area contributed by atoms with E-state index in [0.717, 1.165) is 0 Å². The number of carbonyl (C=O) groups is 3. The molecule has 0 atom stereocenters. The minimum atomic E-state index is -0.674. The molecule has 0 aromatic heterocycles. The summed E-state index contributed by atoms with van der Waals surface area (Å²) in [4.78, 5) is 36.1. The molecule has 1 aromatic carbocycles. The first-order valence-corrected chi connectivity index (χ1v) is 7.03. The minimum Gasteiger partial charge on any atom is -0.452 e. The van der Waals surface area contributed by atoms with Gasteiger partial charge in [0.25, 0.3) is 5.91 Å². The molecule has 0 saturated carbocycles. The number of amides is 2. The Morgan fingerprint density at radius 3 is 2.42 bits per heavy atom. The molecule has 0 bridgehead atoms. The van der Waals surface area contributed by atoms with Crippen molar-refractivity contribution in [3.8, 4) is 12.1 Å². The van der Waals surface area contributed by atoms with Crippen molar-refractivity contribution in [1.82, 2.24) is 4.90 Å². The van der Waals surface area contributed by atoms with Gasteiger partial charge in [0.05, 0.1) is 24.1 Å². The molecule has 0 aliphatic carbocycles. The number of carbonyl (C=O) groups excluding carboxylic acids is 3. The number of ether oxygens (including phenoxy) is 1. The van der Waals surface area contributed by atoms with Crippen LogP contribution in [-0.2, 0) is 14.3 Å². The van der Waals surface area contributed by atoms with E-state index in [2.05, 4.69) is 5.32 Å². The lowest BCUT2D eigenvalue weighted by Crippen LogP contribution is -2.31. The van der Waals surface area contributed by atoms with Gasteiger partial charge in [-0.2, -0.15) is 10.5 Å². The number of benzene rings is 1. The van der Waals surface area contributed by atoms with Crippen LogP contribution in [0.5, 0.6) is 0 Å². The van der Waals surface area contributed by atoms with E-state index in [1.165, 1.54) is 36.2 Å². The second kappa shape index (κ2) is 9.59. The summed E-state index contributed by atoms with van der Waals surface area (Å²) in [6.45, 7) is -0.147. The SMILES string of the molecule is CN(CCC#N)C(=O)COC(=O)c1ccc(NC(=O)CC#N)cc1. The van der Waals surface area contributed by atoms with Crippen molar-refractivity contribution in [2.45, 2.75) is 12.8 Å². The molecule has 0 aliphatic rings. The molecule has 0 spiro atoms. The number of hydrogen-bond donors (Lipinski definition) is 1. The van der Waals surface area contributed by atoms with Crippen molar-refractivity contribution in [2.24, 2.45) is 0 Å². The summed E-state index contributed by atoms with van der Waals surface area (Å²) >= 11 is 0. The molecule has 0 saturated heterocycles. The van der Waals surface area contributed by atoms with E-state index in [1.807, 2.05) is 6.07 Å². The van der Waals surface area contributed by atoms with Crippen molar-refractivity contribution >= 4 is 23.5 Å². The van der Waals surface area contributed by atoms with E-state index in [-0.39, 0.29) is 24.9 Å². The van der Waals surface area contributed by atoms with Crippen LogP contribution < -0.4 is 5.32 Å². The number of anilines is 1. The van der Waals surface area contributed by atoms with Gasteiger partial charge >= 0.3 is 5.97 Å². The number of rotatable bonds is 7. The highest BCUT2D eigenvalue weighted by Gasteiger charge is 2.13. The average Bonchev–Trinajstić information content (AvgIpc) is 2.58. The van der Waals surface area contributed by atoms with Crippen molar-refractivity contribution in [3.63, 3.8) is 0 Å². The van der Waals surface area contributed by atoms with E-state index < -0.39 is 24.4 Å². The first-order chi connectivity index (χ1) is 11.5.